The highest BCUT2D eigenvalue weighted by molar-refractivity contribution is 6.23. The molecule has 1 aromatic rings. The lowest BCUT2D eigenvalue weighted by Crippen LogP contribution is -2.59. The highest BCUT2D eigenvalue weighted by atomic mass is 16.5. The van der Waals surface area contributed by atoms with Crippen molar-refractivity contribution in [3.05, 3.63) is 34.4 Å². The van der Waals surface area contributed by atoms with Crippen LogP contribution in [0.25, 0.3) is 0 Å². The van der Waals surface area contributed by atoms with Crippen LogP contribution < -0.4 is 5.73 Å². The fraction of sp³-hybridized carbons (Fsp3) is 0.500. The van der Waals surface area contributed by atoms with E-state index in [9.17, 15) is 9.59 Å². The van der Waals surface area contributed by atoms with Gasteiger partial charge in [-0.15, -0.1) is 0 Å². The first kappa shape index (κ1) is 14.2. The molecule has 0 unspecified atom stereocenters. The van der Waals surface area contributed by atoms with Crippen LogP contribution >= 0.6 is 0 Å². The number of carbonyl (C=O) groups excluding carboxylic acids is 2. The van der Waals surface area contributed by atoms with Crippen molar-refractivity contribution in [3.8, 4) is 0 Å². The predicted octanol–water partition coefficient (Wildman–Crippen LogP) is 1.41. The van der Waals surface area contributed by atoms with Crippen LogP contribution in [0.2, 0.25) is 0 Å². The molecular formula is C16H20N2O3. The quantitative estimate of drug-likeness (QED) is 0.835. The molecule has 0 spiro atoms. The van der Waals surface area contributed by atoms with Gasteiger partial charge in [0.05, 0.1) is 16.7 Å². The number of rotatable bonds is 2. The van der Waals surface area contributed by atoms with Crippen molar-refractivity contribution in [2.75, 3.05) is 19.8 Å². The van der Waals surface area contributed by atoms with Crippen LogP contribution in [0, 0.1) is 13.8 Å². The molecule has 5 nitrogen and oxygen atoms in total. The largest absolute Gasteiger partial charge is 0.381 e. The zero-order valence-corrected chi connectivity index (χ0v) is 12.4. The lowest BCUT2D eigenvalue weighted by atomic mass is 9.88. The monoisotopic (exact) mass is 288 g/mol. The number of nitrogens with zero attached hydrogens (tertiary/aromatic N) is 1. The van der Waals surface area contributed by atoms with E-state index in [1.54, 1.807) is 0 Å². The van der Waals surface area contributed by atoms with Crippen molar-refractivity contribution in [1.82, 2.24) is 4.90 Å². The minimum absolute atomic E-state index is 0.205. The van der Waals surface area contributed by atoms with Gasteiger partial charge in [0.25, 0.3) is 11.8 Å². The van der Waals surface area contributed by atoms with Gasteiger partial charge in [0.2, 0.25) is 0 Å². The summed E-state index contributed by atoms with van der Waals surface area (Å²) in [6.07, 6.45) is 1.21. The third kappa shape index (κ3) is 1.92. The number of amides is 2. The Bertz CT molecular complexity index is 577. The number of fused-ring (bicyclic) bond motifs is 1. The number of ether oxygens (including phenoxy) is 1. The Morgan fingerprint density at radius 3 is 2.00 bits per heavy atom. The molecule has 1 fully saturated rings. The Morgan fingerprint density at radius 2 is 1.57 bits per heavy atom. The van der Waals surface area contributed by atoms with E-state index >= 15 is 0 Å². The molecule has 0 aliphatic carbocycles. The Balaban J connectivity index is 2.11. The fourth-order valence-corrected chi connectivity index (χ4v) is 3.38. The van der Waals surface area contributed by atoms with Crippen LogP contribution in [0.5, 0.6) is 0 Å². The van der Waals surface area contributed by atoms with Crippen LogP contribution in [0.1, 0.15) is 44.7 Å². The first-order valence-electron chi connectivity index (χ1n) is 7.29. The third-order valence-electron chi connectivity index (χ3n) is 4.73. The molecule has 0 aromatic heterocycles. The Labute approximate surface area is 124 Å². The molecule has 5 heteroatoms. The van der Waals surface area contributed by atoms with Gasteiger partial charge in [-0.05, 0) is 37.8 Å². The summed E-state index contributed by atoms with van der Waals surface area (Å²) in [5.41, 5.74) is 8.11. The lowest BCUT2D eigenvalue weighted by molar-refractivity contribution is -0.00776. The van der Waals surface area contributed by atoms with Crippen LogP contribution in [-0.4, -0.2) is 42.0 Å². The van der Waals surface area contributed by atoms with Crippen LogP contribution in [0.4, 0.5) is 0 Å². The van der Waals surface area contributed by atoms with Gasteiger partial charge in [0.15, 0.2) is 0 Å². The number of carbonyl (C=O) groups is 2. The molecule has 2 amide bonds. The number of hydrogen-bond donors (Lipinski definition) is 1. The van der Waals surface area contributed by atoms with E-state index < -0.39 is 5.54 Å². The van der Waals surface area contributed by atoms with Crippen molar-refractivity contribution in [2.24, 2.45) is 5.73 Å². The summed E-state index contributed by atoms with van der Waals surface area (Å²) in [6, 6.07) is 3.78. The third-order valence-corrected chi connectivity index (χ3v) is 4.73. The summed E-state index contributed by atoms with van der Waals surface area (Å²) in [4.78, 5) is 27.1. The maximum Gasteiger partial charge on any atom is 0.262 e. The normalized spacial score (nSPS) is 20.8. The van der Waals surface area contributed by atoms with E-state index in [2.05, 4.69) is 0 Å². The molecule has 2 aliphatic heterocycles. The van der Waals surface area contributed by atoms with Crippen molar-refractivity contribution in [3.63, 3.8) is 0 Å². The van der Waals surface area contributed by atoms with E-state index in [0.29, 0.717) is 37.2 Å². The zero-order chi connectivity index (χ0) is 15.2. The molecule has 2 aliphatic rings. The van der Waals surface area contributed by atoms with Crippen molar-refractivity contribution in [2.45, 2.75) is 32.2 Å². The SMILES string of the molecule is Cc1ccc(C)c2c1C(=O)N(C1(CN)CCOCC1)C2=O. The van der Waals surface area contributed by atoms with Crippen molar-refractivity contribution < 1.29 is 14.3 Å². The number of nitrogens with two attached hydrogens (primary N) is 1. The number of benzene rings is 1. The molecule has 0 bridgehead atoms. The van der Waals surface area contributed by atoms with Gasteiger partial charge in [-0.3, -0.25) is 14.5 Å². The number of aryl methyl sites for hydroxylation is 2. The van der Waals surface area contributed by atoms with Crippen molar-refractivity contribution in [1.29, 1.82) is 0 Å². The van der Waals surface area contributed by atoms with Gasteiger partial charge in [0.1, 0.15) is 0 Å². The van der Waals surface area contributed by atoms with Gasteiger partial charge in [-0.2, -0.15) is 0 Å². The Kier molecular flexibility index (Phi) is 3.34. The summed E-state index contributed by atoms with van der Waals surface area (Å²) in [7, 11) is 0. The molecule has 0 saturated carbocycles. The van der Waals surface area contributed by atoms with E-state index in [4.69, 9.17) is 10.5 Å². The molecule has 112 valence electrons. The average Bonchev–Trinajstić information content (AvgIpc) is 2.77. The molecular weight excluding hydrogens is 268 g/mol. The minimum Gasteiger partial charge on any atom is -0.381 e. The molecule has 0 radical (unpaired) electrons. The maximum absolute atomic E-state index is 12.9. The topological polar surface area (TPSA) is 72.6 Å². The first-order valence-corrected chi connectivity index (χ1v) is 7.29. The Morgan fingerprint density at radius 1 is 1.10 bits per heavy atom. The minimum atomic E-state index is -0.607. The molecule has 0 atom stereocenters. The molecule has 2 heterocycles. The molecule has 1 aromatic carbocycles. The summed E-state index contributed by atoms with van der Waals surface area (Å²) in [6.45, 7) is 5.07. The second kappa shape index (κ2) is 4.93. The smallest absolute Gasteiger partial charge is 0.262 e. The summed E-state index contributed by atoms with van der Waals surface area (Å²) in [5.74, 6) is -0.410. The second-order valence-electron chi connectivity index (χ2n) is 5.94. The van der Waals surface area contributed by atoms with Gasteiger partial charge in [-0.1, -0.05) is 12.1 Å². The predicted molar refractivity (Wildman–Crippen MR) is 78.3 cm³/mol. The second-order valence-corrected chi connectivity index (χ2v) is 5.94. The van der Waals surface area contributed by atoms with E-state index in [1.807, 2.05) is 26.0 Å². The summed E-state index contributed by atoms with van der Waals surface area (Å²) >= 11 is 0. The first-order chi connectivity index (χ1) is 10.0. The lowest BCUT2D eigenvalue weighted by Gasteiger charge is -2.42. The maximum atomic E-state index is 12.9. The zero-order valence-electron chi connectivity index (χ0n) is 12.4. The van der Waals surface area contributed by atoms with Crippen molar-refractivity contribution >= 4 is 11.8 Å². The van der Waals surface area contributed by atoms with Crippen LogP contribution in [0.3, 0.4) is 0 Å². The average molecular weight is 288 g/mol. The van der Waals surface area contributed by atoms with Gasteiger partial charge >= 0.3 is 0 Å². The molecule has 2 N–H and O–H groups in total. The number of imide groups is 1. The standard InChI is InChI=1S/C16H20N2O3/c1-10-3-4-11(2)13-12(10)14(19)18(15(13)20)16(9-17)5-7-21-8-6-16/h3-4H,5-9,17H2,1-2H3. The van der Waals surface area contributed by atoms with Crippen LogP contribution in [0.15, 0.2) is 12.1 Å². The highest BCUT2D eigenvalue weighted by Gasteiger charge is 2.49. The van der Waals surface area contributed by atoms with Gasteiger partial charge < -0.3 is 10.5 Å². The highest BCUT2D eigenvalue weighted by Crippen LogP contribution is 2.37. The van der Waals surface area contributed by atoms with Gasteiger partial charge in [-0.25, -0.2) is 0 Å². The van der Waals surface area contributed by atoms with E-state index in [0.717, 1.165) is 11.1 Å². The molecule has 21 heavy (non-hydrogen) atoms. The molecule has 1 saturated heterocycles. The van der Waals surface area contributed by atoms with Crippen LogP contribution in [-0.2, 0) is 4.74 Å². The van der Waals surface area contributed by atoms with E-state index in [1.165, 1.54) is 4.90 Å². The Hall–Kier alpha value is -1.72. The molecule has 3 rings (SSSR count). The fourth-order valence-electron chi connectivity index (χ4n) is 3.38. The summed E-state index contributed by atoms with van der Waals surface area (Å²) in [5, 5.41) is 0. The summed E-state index contributed by atoms with van der Waals surface area (Å²) < 4.78 is 5.38. The number of hydrogen-bond acceptors (Lipinski definition) is 4. The van der Waals surface area contributed by atoms with E-state index in [-0.39, 0.29) is 18.4 Å². The van der Waals surface area contributed by atoms with Gasteiger partial charge in [0, 0.05) is 19.8 Å².